The van der Waals surface area contributed by atoms with Crippen LogP contribution >= 0.6 is 11.3 Å². The lowest BCUT2D eigenvalue weighted by atomic mass is 10.2. The Kier molecular flexibility index (Phi) is 11.9. The Bertz CT molecular complexity index is 1670. The molecule has 0 fully saturated rings. The Hall–Kier alpha value is -4.85. The number of nitrogens with one attached hydrogen (secondary N) is 2. The number of amides is 2. The molecular weight excluding hydrogens is 649 g/mol. The number of thiazole rings is 1. The van der Waals surface area contributed by atoms with Crippen LogP contribution in [0.25, 0.3) is 10.6 Å². The number of carbonyl (C=O) groups is 4. The zero-order valence-electron chi connectivity index (χ0n) is 27.5. The van der Waals surface area contributed by atoms with E-state index in [1.807, 2.05) is 60.7 Å². The Morgan fingerprint density at radius 1 is 0.854 bits per heavy atom. The maximum Gasteiger partial charge on any atom is 0.330 e. The number of benzene rings is 3. The van der Waals surface area contributed by atoms with Crippen molar-refractivity contribution in [2.24, 2.45) is 0 Å². The molecule has 2 atom stereocenters. The zero-order chi connectivity index (χ0) is 34.9. The zero-order valence-corrected chi connectivity index (χ0v) is 29.3. The van der Waals surface area contributed by atoms with Gasteiger partial charge in [0.15, 0.2) is 0 Å². The number of ether oxygens (including phenoxy) is 2. The number of carbonyl (C=O) groups excluding carboxylic acids is 4. The van der Waals surface area contributed by atoms with Crippen molar-refractivity contribution in [1.82, 2.24) is 15.6 Å². The van der Waals surface area contributed by atoms with Gasteiger partial charge in [-0.3, -0.25) is 14.4 Å². The molecule has 11 nitrogen and oxygen atoms in total. The van der Waals surface area contributed by atoms with Crippen LogP contribution in [-0.2, 0) is 28.3 Å². The van der Waals surface area contributed by atoms with Crippen molar-refractivity contribution in [3.05, 3.63) is 96.0 Å². The molecule has 48 heavy (non-hydrogen) atoms. The largest absolute Gasteiger partial charge is 0.467 e. The summed E-state index contributed by atoms with van der Waals surface area (Å²) < 4.78 is 17.0. The molecule has 0 bridgehead atoms. The van der Waals surface area contributed by atoms with Gasteiger partial charge in [0.25, 0.3) is 14.2 Å². The van der Waals surface area contributed by atoms with Crippen LogP contribution in [0.3, 0.4) is 0 Å². The van der Waals surface area contributed by atoms with Gasteiger partial charge in [0.2, 0.25) is 5.91 Å². The van der Waals surface area contributed by atoms with Gasteiger partial charge in [-0.05, 0) is 39.7 Å². The SMILES string of the molecule is COC(=O)C(CO[Si](c1ccccc1)(c1ccccc1)C(C)(C)C)NC(=O)C(COC(C)=O)NC(=O)c1csc(-c2ccc(N)cc2)n1. The number of nitrogens with zero attached hydrogens (tertiary/aromatic N) is 1. The molecular formula is C35H40N4O7SSi. The average Bonchev–Trinajstić information content (AvgIpc) is 3.57. The van der Waals surface area contributed by atoms with Gasteiger partial charge < -0.3 is 30.3 Å². The molecule has 2 unspecified atom stereocenters. The molecule has 2 amide bonds. The second kappa shape index (κ2) is 15.8. The number of esters is 2. The van der Waals surface area contributed by atoms with E-state index in [0.29, 0.717) is 10.7 Å². The van der Waals surface area contributed by atoms with Crippen LogP contribution in [0, 0.1) is 0 Å². The summed E-state index contributed by atoms with van der Waals surface area (Å²) in [6.07, 6.45) is 0. The van der Waals surface area contributed by atoms with Crippen molar-refractivity contribution in [3.63, 3.8) is 0 Å². The van der Waals surface area contributed by atoms with Crippen LogP contribution in [0.2, 0.25) is 5.04 Å². The topological polar surface area (TPSA) is 159 Å². The third-order valence-corrected chi connectivity index (χ3v) is 13.6. The molecule has 1 aromatic heterocycles. The molecule has 4 aromatic rings. The van der Waals surface area contributed by atoms with E-state index in [0.717, 1.165) is 15.9 Å². The first-order chi connectivity index (χ1) is 22.9. The van der Waals surface area contributed by atoms with Crippen molar-refractivity contribution in [2.45, 2.75) is 44.8 Å². The summed E-state index contributed by atoms with van der Waals surface area (Å²) in [6, 6.07) is 24.1. The first-order valence-electron chi connectivity index (χ1n) is 15.2. The van der Waals surface area contributed by atoms with Crippen molar-refractivity contribution >= 4 is 59.5 Å². The van der Waals surface area contributed by atoms with Crippen LogP contribution in [0.1, 0.15) is 38.2 Å². The van der Waals surface area contributed by atoms with Crippen molar-refractivity contribution in [3.8, 4) is 10.6 Å². The lowest BCUT2D eigenvalue weighted by Crippen LogP contribution is -2.68. The fourth-order valence-corrected chi connectivity index (χ4v) is 10.7. The number of hydrogen-bond acceptors (Lipinski definition) is 10. The normalized spacial score (nSPS) is 12.8. The van der Waals surface area contributed by atoms with Crippen molar-refractivity contribution < 1.29 is 33.1 Å². The van der Waals surface area contributed by atoms with E-state index < -0.39 is 55.8 Å². The third kappa shape index (κ3) is 8.54. The first-order valence-corrected chi connectivity index (χ1v) is 18.0. The molecule has 0 saturated carbocycles. The van der Waals surface area contributed by atoms with Gasteiger partial charge in [-0.15, -0.1) is 11.3 Å². The highest BCUT2D eigenvalue weighted by atomic mass is 32.1. The molecule has 252 valence electrons. The van der Waals surface area contributed by atoms with E-state index in [4.69, 9.17) is 19.6 Å². The van der Waals surface area contributed by atoms with Crippen molar-refractivity contribution in [2.75, 3.05) is 26.1 Å². The van der Waals surface area contributed by atoms with Gasteiger partial charge in [0.05, 0.1) is 13.7 Å². The summed E-state index contributed by atoms with van der Waals surface area (Å²) in [6.45, 7) is 6.75. The quantitative estimate of drug-likeness (QED) is 0.109. The fraction of sp³-hybridized carbons (Fsp3) is 0.286. The monoisotopic (exact) mass is 688 g/mol. The number of aromatic nitrogens is 1. The van der Waals surface area contributed by atoms with E-state index in [1.54, 1.807) is 29.6 Å². The first kappa shape index (κ1) is 36.0. The maximum atomic E-state index is 13.7. The lowest BCUT2D eigenvalue weighted by molar-refractivity contribution is -0.148. The number of anilines is 1. The van der Waals surface area contributed by atoms with E-state index in [9.17, 15) is 19.2 Å². The molecule has 0 aliphatic heterocycles. The number of nitrogens with two attached hydrogens (primary N) is 1. The molecule has 13 heteroatoms. The molecule has 0 radical (unpaired) electrons. The van der Waals surface area contributed by atoms with Gasteiger partial charge in [0.1, 0.15) is 29.4 Å². The Balaban J connectivity index is 1.58. The second-order valence-electron chi connectivity index (χ2n) is 12.0. The van der Waals surface area contributed by atoms with Crippen LogP contribution in [-0.4, -0.2) is 69.5 Å². The minimum Gasteiger partial charge on any atom is -0.467 e. The van der Waals surface area contributed by atoms with Crippen LogP contribution in [0.15, 0.2) is 90.3 Å². The van der Waals surface area contributed by atoms with Gasteiger partial charge in [-0.2, -0.15) is 0 Å². The standard InChI is InChI=1S/C35H40N4O7SSi/c1-23(40)45-20-28(37-32(42)30-22-47-33(39-30)24-16-18-25(36)19-17-24)31(41)38-29(34(43)44-5)21-46-48(35(2,3)4,26-12-8-6-9-13-26)27-14-10-7-11-15-27/h6-19,22,28-29H,20-21,36H2,1-5H3,(H,37,42)(H,38,41). The molecule has 0 saturated heterocycles. The molecule has 4 rings (SSSR count). The molecule has 4 N–H and O–H groups in total. The summed E-state index contributed by atoms with van der Waals surface area (Å²) in [4.78, 5) is 56.1. The smallest absolute Gasteiger partial charge is 0.330 e. The molecule has 0 aliphatic rings. The Labute approximate surface area is 285 Å². The van der Waals surface area contributed by atoms with Crippen molar-refractivity contribution in [1.29, 1.82) is 0 Å². The van der Waals surface area contributed by atoms with E-state index >= 15 is 0 Å². The number of nitrogen functional groups attached to an aromatic ring is 1. The van der Waals surface area contributed by atoms with E-state index in [1.165, 1.54) is 25.4 Å². The highest BCUT2D eigenvalue weighted by Crippen LogP contribution is 2.36. The number of hydrogen-bond donors (Lipinski definition) is 3. The van der Waals surface area contributed by atoms with Gasteiger partial charge >= 0.3 is 11.9 Å². The van der Waals surface area contributed by atoms with Gasteiger partial charge in [-0.25, -0.2) is 9.78 Å². The minimum absolute atomic E-state index is 0.0620. The van der Waals surface area contributed by atoms with E-state index in [2.05, 4.69) is 36.4 Å². The second-order valence-corrected chi connectivity index (χ2v) is 17.2. The average molecular weight is 689 g/mol. The van der Waals surface area contributed by atoms with Crippen LogP contribution in [0.5, 0.6) is 0 Å². The number of methoxy groups -OCH3 is 1. The maximum absolute atomic E-state index is 13.7. The molecule has 3 aromatic carbocycles. The molecule has 0 aliphatic carbocycles. The van der Waals surface area contributed by atoms with Crippen LogP contribution < -0.4 is 26.7 Å². The Morgan fingerprint density at radius 2 is 1.44 bits per heavy atom. The van der Waals surface area contributed by atoms with Gasteiger partial charge in [0, 0.05) is 23.6 Å². The minimum atomic E-state index is -3.09. The summed E-state index contributed by atoms with van der Waals surface area (Å²) in [5.74, 6) is -2.84. The predicted octanol–water partition coefficient (Wildman–Crippen LogP) is 3.29. The molecule has 1 heterocycles. The Morgan fingerprint density at radius 3 is 1.96 bits per heavy atom. The van der Waals surface area contributed by atoms with E-state index in [-0.39, 0.29) is 12.3 Å². The third-order valence-electron chi connectivity index (χ3n) is 7.66. The van der Waals surface area contributed by atoms with Crippen LogP contribution in [0.4, 0.5) is 5.69 Å². The lowest BCUT2D eigenvalue weighted by Gasteiger charge is -2.43. The summed E-state index contributed by atoms with van der Waals surface area (Å²) in [5.41, 5.74) is 7.20. The van der Waals surface area contributed by atoms with Gasteiger partial charge in [-0.1, -0.05) is 81.4 Å². The number of rotatable bonds is 13. The highest BCUT2D eigenvalue weighted by molar-refractivity contribution is 7.13. The predicted molar refractivity (Wildman–Crippen MR) is 187 cm³/mol. The summed E-state index contributed by atoms with van der Waals surface area (Å²) >= 11 is 1.24. The fourth-order valence-electron chi connectivity index (χ4n) is 5.31. The molecule has 0 spiro atoms. The highest BCUT2D eigenvalue weighted by Gasteiger charge is 2.50. The summed E-state index contributed by atoms with van der Waals surface area (Å²) in [5, 5.41) is 8.95. The summed E-state index contributed by atoms with van der Waals surface area (Å²) in [7, 11) is -1.88.